The van der Waals surface area contributed by atoms with Gasteiger partial charge in [0, 0.05) is 28.8 Å². The highest BCUT2D eigenvalue weighted by molar-refractivity contribution is 9.10. The summed E-state index contributed by atoms with van der Waals surface area (Å²) in [4.78, 5) is 12.0. The summed E-state index contributed by atoms with van der Waals surface area (Å²) < 4.78 is 1.04. The average Bonchev–Trinajstić information content (AvgIpc) is 2.45. The predicted molar refractivity (Wildman–Crippen MR) is 91.8 cm³/mol. The minimum atomic E-state index is 0.0216. The molecule has 2 rings (SSSR count). The molecule has 0 spiro atoms. The second-order valence-corrected chi connectivity index (χ2v) is 5.97. The third-order valence-corrected chi connectivity index (χ3v) is 3.72. The number of anilines is 2. The van der Waals surface area contributed by atoms with Gasteiger partial charge in [-0.1, -0.05) is 28.1 Å². The van der Waals surface area contributed by atoms with Crippen LogP contribution in [0.5, 0.6) is 0 Å². The molecule has 0 fully saturated rings. The first kappa shape index (κ1) is 15.6. The molecular weight excluding hydrogens is 328 g/mol. The minimum Gasteiger partial charge on any atom is -0.385 e. The second kappa shape index (κ2) is 7.27. The van der Waals surface area contributed by atoms with E-state index in [2.05, 4.69) is 26.6 Å². The van der Waals surface area contributed by atoms with Gasteiger partial charge in [-0.15, -0.1) is 0 Å². The lowest BCUT2D eigenvalue weighted by Crippen LogP contribution is -2.16. The SMILES string of the molecule is Cc1ccc(C)c(NC(=O)CCNc2ccc(Br)cc2)c1. The number of carbonyl (C=O) groups excluding carboxylic acids is 1. The normalized spacial score (nSPS) is 10.2. The monoisotopic (exact) mass is 346 g/mol. The maximum atomic E-state index is 12.0. The molecule has 4 heteroatoms. The fourth-order valence-electron chi connectivity index (χ4n) is 1.97. The van der Waals surface area contributed by atoms with Crippen LogP contribution in [-0.2, 0) is 4.79 Å². The maximum Gasteiger partial charge on any atom is 0.226 e. The number of rotatable bonds is 5. The van der Waals surface area contributed by atoms with Crippen molar-refractivity contribution in [1.82, 2.24) is 0 Å². The predicted octanol–water partition coefficient (Wildman–Crippen LogP) is 4.51. The van der Waals surface area contributed by atoms with Gasteiger partial charge in [0.1, 0.15) is 0 Å². The van der Waals surface area contributed by atoms with Gasteiger partial charge in [-0.3, -0.25) is 4.79 Å². The molecule has 0 radical (unpaired) electrons. The van der Waals surface area contributed by atoms with Crippen molar-refractivity contribution in [2.45, 2.75) is 20.3 Å². The van der Waals surface area contributed by atoms with E-state index in [9.17, 15) is 4.79 Å². The zero-order valence-electron chi connectivity index (χ0n) is 12.2. The van der Waals surface area contributed by atoms with Crippen LogP contribution in [0.1, 0.15) is 17.5 Å². The van der Waals surface area contributed by atoms with Crippen molar-refractivity contribution in [3.05, 3.63) is 58.1 Å². The summed E-state index contributed by atoms with van der Waals surface area (Å²) in [6.07, 6.45) is 0.434. The number of carbonyl (C=O) groups is 1. The number of amides is 1. The van der Waals surface area contributed by atoms with Crippen LogP contribution < -0.4 is 10.6 Å². The number of hydrogen-bond acceptors (Lipinski definition) is 2. The molecule has 0 saturated carbocycles. The van der Waals surface area contributed by atoms with E-state index in [-0.39, 0.29) is 5.91 Å². The fourth-order valence-corrected chi connectivity index (χ4v) is 2.24. The Balaban J connectivity index is 1.82. The Labute approximate surface area is 133 Å². The second-order valence-electron chi connectivity index (χ2n) is 5.05. The third kappa shape index (κ3) is 4.90. The van der Waals surface area contributed by atoms with Crippen molar-refractivity contribution >= 4 is 33.2 Å². The largest absolute Gasteiger partial charge is 0.385 e. The Morgan fingerprint density at radius 2 is 1.81 bits per heavy atom. The Bertz CT molecular complexity index is 623. The maximum absolute atomic E-state index is 12.0. The molecule has 0 saturated heterocycles. The van der Waals surface area contributed by atoms with Crippen molar-refractivity contribution in [3.8, 4) is 0 Å². The van der Waals surface area contributed by atoms with E-state index in [4.69, 9.17) is 0 Å². The Morgan fingerprint density at radius 3 is 2.52 bits per heavy atom. The van der Waals surface area contributed by atoms with Gasteiger partial charge in [0.2, 0.25) is 5.91 Å². The smallest absolute Gasteiger partial charge is 0.226 e. The van der Waals surface area contributed by atoms with Gasteiger partial charge in [0.05, 0.1) is 0 Å². The summed E-state index contributed by atoms with van der Waals surface area (Å²) in [5, 5.41) is 6.19. The lowest BCUT2D eigenvalue weighted by Gasteiger charge is -2.10. The van der Waals surface area contributed by atoms with Gasteiger partial charge in [0.15, 0.2) is 0 Å². The molecule has 0 atom stereocenters. The molecule has 3 nitrogen and oxygen atoms in total. The molecule has 21 heavy (non-hydrogen) atoms. The summed E-state index contributed by atoms with van der Waals surface area (Å²) in [6.45, 7) is 4.62. The molecule has 0 aliphatic rings. The molecule has 2 N–H and O–H groups in total. The highest BCUT2D eigenvalue weighted by Crippen LogP contribution is 2.17. The van der Waals surface area contributed by atoms with E-state index < -0.39 is 0 Å². The molecule has 0 aliphatic carbocycles. The number of hydrogen-bond donors (Lipinski definition) is 2. The topological polar surface area (TPSA) is 41.1 Å². The Hall–Kier alpha value is -1.81. The lowest BCUT2D eigenvalue weighted by atomic mass is 10.1. The summed E-state index contributed by atoms with van der Waals surface area (Å²) in [6, 6.07) is 14.0. The van der Waals surface area contributed by atoms with Crippen molar-refractivity contribution < 1.29 is 4.79 Å². The van der Waals surface area contributed by atoms with Crippen LogP contribution in [0.25, 0.3) is 0 Å². The molecule has 0 heterocycles. The molecule has 0 aliphatic heterocycles. The zero-order chi connectivity index (χ0) is 15.2. The zero-order valence-corrected chi connectivity index (χ0v) is 13.8. The van der Waals surface area contributed by atoms with E-state index in [1.165, 1.54) is 0 Å². The fraction of sp³-hybridized carbons (Fsp3) is 0.235. The van der Waals surface area contributed by atoms with Crippen molar-refractivity contribution in [2.24, 2.45) is 0 Å². The Morgan fingerprint density at radius 1 is 1.10 bits per heavy atom. The van der Waals surface area contributed by atoms with E-state index in [0.717, 1.165) is 27.0 Å². The van der Waals surface area contributed by atoms with Crippen molar-refractivity contribution in [3.63, 3.8) is 0 Å². The minimum absolute atomic E-state index is 0.0216. The highest BCUT2D eigenvalue weighted by atomic mass is 79.9. The van der Waals surface area contributed by atoms with Crippen LogP contribution in [0.4, 0.5) is 11.4 Å². The molecule has 110 valence electrons. The van der Waals surface area contributed by atoms with Crippen molar-refractivity contribution in [2.75, 3.05) is 17.2 Å². The van der Waals surface area contributed by atoms with E-state index >= 15 is 0 Å². The van der Waals surface area contributed by atoms with Crippen LogP contribution in [-0.4, -0.2) is 12.5 Å². The van der Waals surface area contributed by atoms with Crippen LogP contribution in [0.3, 0.4) is 0 Å². The average molecular weight is 347 g/mol. The molecule has 2 aromatic carbocycles. The number of aryl methyl sites for hydroxylation is 2. The Kier molecular flexibility index (Phi) is 5.39. The molecule has 0 aromatic heterocycles. The molecule has 2 aromatic rings. The lowest BCUT2D eigenvalue weighted by molar-refractivity contribution is -0.115. The first-order valence-electron chi connectivity index (χ1n) is 6.91. The first-order valence-corrected chi connectivity index (χ1v) is 7.70. The number of halogens is 1. The van der Waals surface area contributed by atoms with Crippen molar-refractivity contribution in [1.29, 1.82) is 0 Å². The summed E-state index contributed by atoms with van der Waals surface area (Å²) >= 11 is 3.39. The van der Waals surface area contributed by atoms with Gasteiger partial charge in [-0.2, -0.15) is 0 Å². The van der Waals surface area contributed by atoms with E-state index in [0.29, 0.717) is 13.0 Å². The van der Waals surface area contributed by atoms with Gasteiger partial charge in [-0.25, -0.2) is 0 Å². The van der Waals surface area contributed by atoms with Gasteiger partial charge < -0.3 is 10.6 Å². The van der Waals surface area contributed by atoms with Gasteiger partial charge >= 0.3 is 0 Å². The first-order chi connectivity index (χ1) is 10.0. The molecule has 0 unspecified atom stereocenters. The molecule has 1 amide bonds. The summed E-state index contributed by atoms with van der Waals surface area (Å²) in [5.74, 6) is 0.0216. The third-order valence-electron chi connectivity index (χ3n) is 3.19. The van der Waals surface area contributed by atoms with Gasteiger partial charge in [0.25, 0.3) is 0 Å². The van der Waals surface area contributed by atoms with Crippen LogP contribution in [0.2, 0.25) is 0 Å². The summed E-state index contributed by atoms with van der Waals surface area (Å²) in [7, 11) is 0. The van der Waals surface area contributed by atoms with Crippen LogP contribution in [0, 0.1) is 13.8 Å². The van der Waals surface area contributed by atoms with Crippen LogP contribution >= 0.6 is 15.9 Å². The number of benzene rings is 2. The molecule has 0 bridgehead atoms. The van der Waals surface area contributed by atoms with Crippen LogP contribution in [0.15, 0.2) is 46.9 Å². The van der Waals surface area contributed by atoms with E-state index in [1.54, 1.807) is 0 Å². The van der Waals surface area contributed by atoms with Gasteiger partial charge in [-0.05, 0) is 55.3 Å². The highest BCUT2D eigenvalue weighted by Gasteiger charge is 2.05. The molecular formula is C17H19BrN2O. The summed E-state index contributed by atoms with van der Waals surface area (Å²) in [5.41, 5.74) is 4.13. The van der Waals surface area contributed by atoms with E-state index in [1.807, 2.05) is 56.3 Å². The standard InChI is InChI=1S/C17H19BrN2O/c1-12-3-4-13(2)16(11-12)20-17(21)9-10-19-15-7-5-14(18)6-8-15/h3-8,11,19H,9-10H2,1-2H3,(H,20,21). The number of nitrogens with one attached hydrogen (secondary N) is 2. The quantitative estimate of drug-likeness (QED) is 0.836.